The molecule has 5 nitrogen and oxygen atoms in total. The molecule has 2 rings (SSSR count). The topological polar surface area (TPSA) is 50.8 Å². The number of ether oxygens (including phenoxy) is 2. The van der Waals surface area contributed by atoms with Gasteiger partial charge in [-0.25, -0.2) is 0 Å². The lowest BCUT2D eigenvalue weighted by atomic mass is 10.1. The molecule has 0 aromatic heterocycles. The number of methoxy groups -OCH3 is 2. The summed E-state index contributed by atoms with van der Waals surface area (Å²) in [4.78, 5) is 14.1. The van der Waals surface area contributed by atoms with Gasteiger partial charge in [0, 0.05) is 18.7 Å². The van der Waals surface area contributed by atoms with E-state index in [4.69, 9.17) is 9.47 Å². The molecule has 0 spiro atoms. The fourth-order valence-electron chi connectivity index (χ4n) is 2.36. The first kappa shape index (κ1) is 14.2. The molecule has 20 heavy (non-hydrogen) atoms. The van der Waals surface area contributed by atoms with Gasteiger partial charge in [0.05, 0.1) is 25.6 Å². The van der Waals surface area contributed by atoms with Gasteiger partial charge in [-0.05, 0) is 6.42 Å². The molecule has 108 valence electrons. The molecule has 1 aromatic rings. The summed E-state index contributed by atoms with van der Waals surface area (Å²) < 4.78 is 10.6. The van der Waals surface area contributed by atoms with Gasteiger partial charge in [0.2, 0.25) is 5.91 Å². The summed E-state index contributed by atoms with van der Waals surface area (Å²) in [5.41, 5.74) is 1.66. The number of fused-ring (bicyclic) bond motifs is 1. The van der Waals surface area contributed by atoms with Crippen molar-refractivity contribution in [3.8, 4) is 11.5 Å². The summed E-state index contributed by atoms with van der Waals surface area (Å²) in [5.74, 6) is 1.29. The molecule has 0 saturated heterocycles. The Kier molecular flexibility index (Phi) is 4.17. The molecular formula is C15H20N2O3. The molecule has 0 bridgehead atoms. The smallest absolute Gasteiger partial charge is 0.249 e. The lowest BCUT2D eigenvalue weighted by Gasteiger charge is -2.35. The Balaban J connectivity index is 2.53. The fraction of sp³-hybridized carbons (Fsp3) is 0.400. The second-order valence-corrected chi connectivity index (χ2v) is 4.57. The van der Waals surface area contributed by atoms with Gasteiger partial charge in [-0.3, -0.25) is 4.79 Å². The van der Waals surface area contributed by atoms with Crippen molar-refractivity contribution in [2.24, 2.45) is 0 Å². The van der Waals surface area contributed by atoms with Crippen molar-refractivity contribution in [3.63, 3.8) is 0 Å². The van der Waals surface area contributed by atoms with E-state index in [9.17, 15) is 4.79 Å². The number of amides is 1. The van der Waals surface area contributed by atoms with Gasteiger partial charge >= 0.3 is 0 Å². The summed E-state index contributed by atoms with van der Waals surface area (Å²) in [6.45, 7) is 6.17. The lowest BCUT2D eigenvalue weighted by Crippen LogP contribution is -2.47. The van der Waals surface area contributed by atoms with E-state index >= 15 is 0 Å². The molecule has 1 amide bonds. The van der Waals surface area contributed by atoms with Crippen LogP contribution in [0.2, 0.25) is 0 Å². The number of benzene rings is 1. The Bertz CT molecular complexity index is 528. The maximum Gasteiger partial charge on any atom is 0.249 e. The largest absolute Gasteiger partial charge is 0.493 e. The molecule has 5 heteroatoms. The zero-order valence-corrected chi connectivity index (χ0v) is 12.1. The van der Waals surface area contributed by atoms with Gasteiger partial charge in [-0.1, -0.05) is 13.0 Å². The third-order valence-corrected chi connectivity index (χ3v) is 3.41. The molecular weight excluding hydrogens is 256 g/mol. The predicted octanol–water partition coefficient (Wildman–Crippen LogP) is 2.43. The molecule has 1 aliphatic heterocycles. The zero-order valence-electron chi connectivity index (χ0n) is 12.1. The highest BCUT2D eigenvalue weighted by Crippen LogP contribution is 2.41. The molecule has 1 aromatic carbocycles. The van der Waals surface area contributed by atoms with Crippen LogP contribution in [0.5, 0.6) is 11.5 Å². The monoisotopic (exact) mass is 276 g/mol. The molecule has 1 atom stereocenters. The van der Waals surface area contributed by atoms with Crippen molar-refractivity contribution >= 4 is 17.3 Å². The number of anilines is 2. The molecule has 1 heterocycles. The number of nitrogens with zero attached hydrogens (tertiary/aromatic N) is 1. The molecule has 0 fully saturated rings. The van der Waals surface area contributed by atoms with Crippen LogP contribution in [0.4, 0.5) is 11.4 Å². The summed E-state index contributed by atoms with van der Waals surface area (Å²) >= 11 is 0. The van der Waals surface area contributed by atoms with Gasteiger partial charge in [-0.15, -0.1) is 6.58 Å². The van der Waals surface area contributed by atoms with Crippen molar-refractivity contribution in [1.29, 1.82) is 0 Å². The van der Waals surface area contributed by atoms with Crippen molar-refractivity contribution < 1.29 is 14.3 Å². The van der Waals surface area contributed by atoms with Crippen LogP contribution in [-0.2, 0) is 4.79 Å². The van der Waals surface area contributed by atoms with Crippen LogP contribution in [0.25, 0.3) is 0 Å². The fourth-order valence-corrected chi connectivity index (χ4v) is 2.36. The minimum atomic E-state index is -0.222. The highest BCUT2D eigenvalue weighted by molar-refractivity contribution is 6.05. The van der Waals surface area contributed by atoms with Crippen molar-refractivity contribution in [2.75, 3.05) is 31.0 Å². The van der Waals surface area contributed by atoms with Crippen molar-refractivity contribution in [3.05, 3.63) is 24.8 Å². The Morgan fingerprint density at radius 1 is 1.35 bits per heavy atom. The minimum absolute atomic E-state index is 0.0483. The Morgan fingerprint density at radius 3 is 2.55 bits per heavy atom. The standard InChI is InChI=1S/C15H20N2O3/c1-5-7-17-12-9-14(20-4)13(19-3)8-11(12)16-10(6-2)15(17)18/h5,8-10,16H,1,6-7H2,2-4H3. The first-order valence-corrected chi connectivity index (χ1v) is 6.61. The van der Waals surface area contributed by atoms with Crippen LogP contribution in [-0.4, -0.2) is 32.7 Å². The molecule has 0 saturated carbocycles. The summed E-state index contributed by atoms with van der Waals surface area (Å²) in [6, 6.07) is 3.45. The van der Waals surface area contributed by atoms with E-state index in [2.05, 4.69) is 11.9 Å². The first-order valence-electron chi connectivity index (χ1n) is 6.61. The lowest BCUT2D eigenvalue weighted by molar-refractivity contribution is -0.119. The van der Waals surface area contributed by atoms with Crippen molar-refractivity contribution in [1.82, 2.24) is 0 Å². The molecule has 0 radical (unpaired) electrons. The van der Waals surface area contributed by atoms with Crippen LogP contribution in [0, 0.1) is 0 Å². The van der Waals surface area contributed by atoms with Crippen LogP contribution in [0.1, 0.15) is 13.3 Å². The van der Waals surface area contributed by atoms with E-state index in [-0.39, 0.29) is 11.9 Å². The average molecular weight is 276 g/mol. The average Bonchev–Trinajstić information content (AvgIpc) is 2.48. The second kappa shape index (κ2) is 5.86. The van der Waals surface area contributed by atoms with Crippen LogP contribution in [0.3, 0.4) is 0 Å². The summed E-state index contributed by atoms with van der Waals surface area (Å²) in [7, 11) is 3.17. The van der Waals surface area contributed by atoms with E-state index in [0.29, 0.717) is 18.0 Å². The Labute approximate surface area is 119 Å². The highest BCUT2D eigenvalue weighted by atomic mass is 16.5. The number of nitrogens with one attached hydrogen (secondary N) is 1. The normalized spacial score (nSPS) is 17.2. The number of carbonyl (C=O) groups is 1. The van der Waals surface area contributed by atoms with E-state index in [1.807, 2.05) is 19.1 Å². The SMILES string of the molecule is C=CCN1C(=O)C(CC)Nc2cc(OC)c(OC)cc21. The number of carbonyl (C=O) groups excluding carboxylic acids is 1. The Morgan fingerprint density at radius 2 is 2.00 bits per heavy atom. The van der Waals surface area contributed by atoms with Gasteiger partial charge in [0.1, 0.15) is 6.04 Å². The third kappa shape index (κ3) is 2.31. The first-order chi connectivity index (χ1) is 9.65. The minimum Gasteiger partial charge on any atom is -0.493 e. The maximum atomic E-state index is 12.4. The van der Waals surface area contributed by atoms with Crippen LogP contribution in [0.15, 0.2) is 24.8 Å². The van der Waals surface area contributed by atoms with Crippen molar-refractivity contribution in [2.45, 2.75) is 19.4 Å². The van der Waals surface area contributed by atoms with E-state index in [0.717, 1.165) is 17.8 Å². The highest BCUT2D eigenvalue weighted by Gasteiger charge is 2.31. The van der Waals surface area contributed by atoms with Gasteiger partial charge in [0.15, 0.2) is 11.5 Å². The number of hydrogen-bond donors (Lipinski definition) is 1. The third-order valence-electron chi connectivity index (χ3n) is 3.41. The molecule has 1 aliphatic rings. The van der Waals surface area contributed by atoms with E-state index in [1.165, 1.54) is 0 Å². The quantitative estimate of drug-likeness (QED) is 0.839. The molecule has 1 unspecified atom stereocenters. The molecule has 1 N–H and O–H groups in total. The predicted molar refractivity (Wildman–Crippen MR) is 79.8 cm³/mol. The van der Waals surface area contributed by atoms with E-state index in [1.54, 1.807) is 25.2 Å². The van der Waals surface area contributed by atoms with E-state index < -0.39 is 0 Å². The van der Waals surface area contributed by atoms with Gasteiger partial charge in [0.25, 0.3) is 0 Å². The summed E-state index contributed by atoms with van der Waals surface area (Å²) in [5, 5.41) is 3.25. The van der Waals surface area contributed by atoms with Crippen LogP contribution >= 0.6 is 0 Å². The summed E-state index contributed by atoms with van der Waals surface area (Å²) in [6.07, 6.45) is 2.44. The number of hydrogen-bond acceptors (Lipinski definition) is 4. The number of rotatable bonds is 5. The Hall–Kier alpha value is -2.17. The van der Waals surface area contributed by atoms with Gasteiger partial charge < -0.3 is 19.7 Å². The second-order valence-electron chi connectivity index (χ2n) is 4.57. The molecule has 0 aliphatic carbocycles. The maximum absolute atomic E-state index is 12.4. The zero-order chi connectivity index (χ0) is 14.7. The van der Waals surface area contributed by atoms with Gasteiger partial charge in [-0.2, -0.15) is 0 Å². The van der Waals surface area contributed by atoms with Crippen LogP contribution < -0.4 is 19.7 Å².